The van der Waals surface area contributed by atoms with Gasteiger partial charge in [0.2, 0.25) is 0 Å². The summed E-state index contributed by atoms with van der Waals surface area (Å²) in [6.45, 7) is 6.26. The van der Waals surface area contributed by atoms with Gasteiger partial charge in [0.1, 0.15) is 0 Å². The van der Waals surface area contributed by atoms with Crippen LogP contribution in [0.15, 0.2) is 17.5 Å². The third kappa shape index (κ3) is 2.10. The molecule has 0 bridgehead atoms. The Balaban J connectivity index is 1.59. The van der Waals surface area contributed by atoms with Crippen molar-refractivity contribution >= 4 is 11.3 Å². The van der Waals surface area contributed by atoms with E-state index < -0.39 is 0 Å². The van der Waals surface area contributed by atoms with E-state index in [0.717, 1.165) is 11.8 Å². The lowest BCUT2D eigenvalue weighted by atomic mass is 9.89. The van der Waals surface area contributed by atoms with Gasteiger partial charge in [-0.1, -0.05) is 6.07 Å². The van der Waals surface area contributed by atoms with Crippen molar-refractivity contribution in [2.45, 2.75) is 13.0 Å². The summed E-state index contributed by atoms with van der Waals surface area (Å²) >= 11 is 1.88. The number of hydrogen-bond acceptors (Lipinski definition) is 3. The van der Waals surface area contributed by atoms with Crippen LogP contribution in [0, 0.1) is 11.8 Å². The molecule has 2 atom stereocenters. The van der Waals surface area contributed by atoms with Crippen molar-refractivity contribution in [3.05, 3.63) is 22.4 Å². The van der Waals surface area contributed by atoms with Gasteiger partial charge in [0.15, 0.2) is 0 Å². The van der Waals surface area contributed by atoms with E-state index >= 15 is 0 Å². The van der Waals surface area contributed by atoms with Crippen LogP contribution in [0.2, 0.25) is 0 Å². The first kappa shape index (κ1) is 9.82. The topological polar surface area (TPSA) is 15.3 Å². The number of thiophene rings is 1. The second-order valence-corrected chi connectivity index (χ2v) is 5.81. The number of nitrogens with one attached hydrogen (secondary N) is 1. The van der Waals surface area contributed by atoms with Gasteiger partial charge in [-0.15, -0.1) is 11.3 Å². The molecule has 15 heavy (non-hydrogen) atoms. The summed E-state index contributed by atoms with van der Waals surface area (Å²) < 4.78 is 0. The molecule has 0 aliphatic carbocycles. The molecule has 0 saturated carbocycles. The molecule has 3 heteroatoms. The Hall–Kier alpha value is -0.380. The predicted octanol–water partition coefficient (Wildman–Crippen LogP) is 1.79. The van der Waals surface area contributed by atoms with Crippen molar-refractivity contribution in [3.63, 3.8) is 0 Å². The zero-order valence-corrected chi connectivity index (χ0v) is 9.80. The summed E-state index contributed by atoms with van der Waals surface area (Å²) in [5.74, 6) is 1.88. The van der Waals surface area contributed by atoms with Gasteiger partial charge < -0.3 is 5.32 Å². The standard InChI is InChI=1S/C12H18N2S/c1-2-12(15-5-1)9-14-4-3-10-6-13-7-11(10)8-14/h1-2,5,10-11,13H,3-4,6-9H2. The number of hydrogen-bond donors (Lipinski definition) is 1. The molecule has 2 unspecified atom stereocenters. The lowest BCUT2D eigenvalue weighted by Crippen LogP contribution is -2.39. The molecule has 2 fully saturated rings. The van der Waals surface area contributed by atoms with Gasteiger partial charge in [-0.25, -0.2) is 0 Å². The zero-order valence-electron chi connectivity index (χ0n) is 8.98. The zero-order chi connectivity index (χ0) is 10.1. The number of nitrogens with zero attached hydrogens (tertiary/aromatic N) is 1. The van der Waals surface area contributed by atoms with Gasteiger partial charge in [0.25, 0.3) is 0 Å². The monoisotopic (exact) mass is 222 g/mol. The minimum absolute atomic E-state index is 0.915. The Morgan fingerprint density at radius 3 is 3.20 bits per heavy atom. The van der Waals surface area contributed by atoms with Crippen LogP contribution in [-0.4, -0.2) is 31.1 Å². The average Bonchev–Trinajstić information content (AvgIpc) is 2.87. The Morgan fingerprint density at radius 2 is 2.33 bits per heavy atom. The van der Waals surface area contributed by atoms with Crippen LogP contribution in [0.1, 0.15) is 11.3 Å². The molecule has 0 spiro atoms. The quantitative estimate of drug-likeness (QED) is 0.820. The van der Waals surface area contributed by atoms with Crippen LogP contribution in [0.5, 0.6) is 0 Å². The second-order valence-electron chi connectivity index (χ2n) is 4.78. The first-order valence-corrected chi connectivity index (χ1v) is 6.75. The van der Waals surface area contributed by atoms with Crippen LogP contribution in [-0.2, 0) is 6.54 Å². The summed E-state index contributed by atoms with van der Waals surface area (Å²) in [5, 5.41) is 5.70. The molecule has 2 aliphatic rings. The average molecular weight is 222 g/mol. The Labute approximate surface area is 95.3 Å². The molecular formula is C12H18N2S. The van der Waals surface area contributed by atoms with Crippen molar-refractivity contribution in [3.8, 4) is 0 Å². The summed E-state index contributed by atoms with van der Waals surface area (Å²) in [5.41, 5.74) is 0. The van der Waals surface area contributed by atoms with Crippen molar-refractivity contribution in [2.24, 2.45) is 11.8 Å². The molecular weight excluding hydrogens is 204 g/mol. The molecule has 0 radical (unpaired) electrons. The van der Waals surface area contributed by atoms with Crippen LogP contribution in [0.25, 0.3) is 0 Å². The van der Waals surface area contributed by atoms with Gasteiger partial charge in [0, 0.05) is 18.0 Å². The van der Waals surface area contributed by atoms with E-state index in [0.29, 0.717) is 0 Å². The number of rotatable bonds is 2. The highest BCUT2D eigenvalue weighted by Gasteiger charge is 2.32. The highest BCUT2D eigenvalue weighted by Crippen LogP contribution is 2.27. The lowest BCUT2D eigenvalue weighted by molar-refractivity contribution is 0.143. The Kier molecular flexibility index (Phi) is 2.77. The number of piperidine rings is 1. The third-order valence-electron chi connectivity index (χ3n) is 3.75. The molecule has 0 aromatic carbocycles. The fraction of sp³-hybridized carbons (Fsp3) is 0.667. The summed E-state index contributed by atoms with van der Waals surface area (Å²) in [7, 11) is 0. The first-order valence-electron chi connectivity index (χ1n) is 5.87. The fourth-order valence-corrected chi connectivity index (χ4v) is 3.62. The predicted molar refractivity (Wildman–Crippen MR) is 64.1 cm³/mol. The maximum Gasteiger partial charge on any atom is 0.0328 e. The van der Waals surface area contributed by atoms with Crippen LogP contribution < -0.4 is 5.32 Å². The normalized spacial score (nSPS) is 31.7. The fourth-order valence-electron chi connectivity index (χ4n) is 2.88. The van der Waals surface area contributed by atoms with E-state index in [-0.39, 0.29) is 0 Å². The van der Waals surface area contributed by atoms with E-state index in [2.05, 4.69) is 27.7 Å². The number of fused-ring (bicyclic) bond motifs is 1. The van der Waals surface area contributed by atoms with Crippen molar-refractivity contribution in [1.82, 2.24) is 10.2 Å². The van der Waals surface area contributed by atoms with Crippen molar-refractivity contribution < 1.29 is 0 Å². The lowest BCUT2D eigenvalue weighted by Gasteiger charge is -2.34. The minimum atomic E-state index is 0.915. The van der Waals surface area contributed by atoms with E-state index in [1.807, 2.05) is 11.3 Å². The van der Waals surface area contributed by atoms with Crippen molar-refractivity contribution in [1.29, 1.82) is 0 Å². The van der Waals surface area contributed by atoms with Gasteiger partial charge in [0.05, 0.1) is 0 Å². The molecule has 3 heterocycles. The van der Waals surface area contributed by atoms with E-state index in [1.165, 1.54) is 44.0 Å². The van der Waals surface area contributed by atoms with Crippen LogP contribution >= 0.6 is 11.3 Å². The third-order valence-corrected chi connectivity index (χ3v) is 4.61. The van der Waals surface area contributed by atoms with E-state index in [1.54, 1.807) is 0 Å². The van der Waals surface area contributed by atoms with Gasteiger partial charge in [-0.3, -0.25) is 4.90 Å². The molecule has 2 nitrogen and oxygen atoms in total. The molecule has 3 rings (SSSR count). The van der Waals surface area contributed by atoms with E-state index in [4.69, 9.17) is 0 Å². The second kappa shape index (κ2) is 4.24. The number of likely N-dealkylation sites (tertiary alicyclic amines) is 1. The van der Waals surface area contributed by atoms with Crippen molar-refractivity contribution in [2.75, 3.05) is 26.2 Å². The van der Waals surface area contributed by atoms with Crippen LogP contribution in [0.4, 0.5) is 0 Å². The highest BCUT2D eigenvalue weighted by molar-refractivity contribution is 7.09. The first-order chi connectivity index (χ1) is 7.42. The molecule has 2 saturated heterocycles. The SMILES string of the molecule is c1csc(CN2CCC3CNCC3C2)c1. The maximum absolute atomic E-state index is 3.52. The molecule has 1 N–H and O–H groups in total. The van der Waals surface area contributed by atoms with Gasteiger partial charge in [-0.2, -0.15) is 0 Å². The largest absolute Gasteiger partial charge is 0.316 e. The van der Waals surface area contributed by atoms with E-state index in [9.17, 15) is 0 Å². The molecule has 0 amide bonds. The van der Waals surface area contributed by atoms with Crippen LogP contribution in [0.3, 0.4) is 0 Å². The molecule has 1 aromatic rings. The summed E-state index contributed by atoms with van der Waals surface area (Å²) in [6, 6.07) is 4.41. The Bertz CT molecular complexity index is 309. The molecule has 2 aliphatic heterocycles. The molecule has 82 valence electrons. The Morgan fingerprint density at radius 1 is 1.40 bits per heavy atom. The van der Waals surface area contributed by atoms with Gasteiger partial charge in [-0.05, 0) is 49.3 Å². The minimum Gasteiger partial charge on any atom is -0.316 e. The maximum atomic E-state index is 3.52. The summed E-state index contributed by atoms with van der Waals surface area (Å²) in [6.07, 6.45) is 1.39. The van der Waals surface area contributed by atoms with Gasteiger partial charge >= 0.3 is 0 Å². The smallest absolute Gasteiger partial charge is 0.0328 e. The summed E-state index contributed by atoms with van der Waals surface area (Å²) in [4.78, 5) is 4.14. The highest BCUT2D eigenvalue weighted by atomic mass is 32.1. The molecule has 1 aromatic heterocycles.